The van der Waals surface area contributed by atoms with E-state index in [1.54, 1.807) is 33.5 Å². The summed E-state index contributed by atoms with van der Waals surface area (Å²) in [5, 5.41) is 3.73. The number of para-hydroxylation sites is 1. The molecule has 0 aliphatic carbocycles. The minimum absolute atomic E-state index is 0.221. The van der Waals surface area contributed by atoms with Crippen LogP contribution in [-0.4, -0.2) is 27.2 Å². The highest BCUT2D eigenvalue weighted by Gasteiger charge is 2.19. The van der Waals surface area contributed by atoms with E-state index in [0.29, 0.717) is 22.8 Å². The quantitative estimate of drug-likeness (QED) is 0.725. The minimum Gasteiger partial charge on any atom is -0.497 e. The second-order valence-electron chi connectivity index (χ2n) is 5.79. The standard InChI is InChI=1S/C20H21NO5/c1-12(15-11-14(23-2)8-9-16(15)24-3)21-20(22)18-10-13-6-5-7-17(25-4)19(13)26-18/h5-12H,1-4H3,(H,21,22). The predicted octanol–water partition coefficient (Wildman–Crippen LogP) is 3.95. The van der Waals surface area contributed by atoms with Gasteiger partial charge in [-0.05, 0) is 37.3 Å². The van der Waals surface area contributed by atoms with Crippen molar-refractivity contribution in [2.75, 3.05) is 21.3 Å². The molecule has 136 valence electrons. The number of nitrogens with one attached hydrogen (secondary N) is 1. The number of carbonyl (C=O) groups excluding carboxylic acids is 1. The van der Waals surface area contributed by atoms with E-state index in [0.717, 1.165) is 10.9 Å². The van der Waals surface area contributed by atoms with Gasteiger partial charge in [-0.15, -0.1) is 0 Å². The monoisotopic (exact) mass is 355 g/mol. The average molecular weight is 355 g/mol. The number of hydrogen-bond acceptors (Lipinski definition) is 5. The lowest BCUT2D eigenvalue weighted by Crippen LogP contribution is -2.26. The maximum Gasteiger partial charge on any atom is 0.287 e. The van der Waals surface area contributed by atoms with E-state index in [9.17, 15) is 4.79 Å². The van der Waals surface area contributed by atoms with Gasteiger partial charge in [0.2, 0.25) is 0 Å². The van der Waals surface area contributed by atoms with Crippen LogP contribution < -0.4 is 19.5 Å². The summed E-state index contributed by atoms with van der Waals surface area (Å²) in [4.78, 5) is 12.6. The first-order chi connectivity index (χ1) is 12.6. The highest BCUT2D eigenvalue weighted by molar-refractivity contribution is 5.97. The molecule has 1 heterocycles. The number of ether oxygens (including phenoxy) is 3. The van der Waals surface area contributed by atoms with Gasteiger partial charge in [0.05, 0.1) is 27.4 Å². The molecule has 6 heteroatoms. The third kappa shape index (κ3) is 3.31. The van der Waals surface area contributed by atoms with Gasteiger partial charge in [-0.3, -0.25) is 4.79 Å². The number of methoxy groups -OCH3 is 3. The van der Waals surface area contributed by atoms with Crippen molar-refractivity contribution in [1.29, 1.82) is 0 Å². The molecule has 0 saturated heterocycles. The van der Waals surface area contributed by atoms with Crippen LogP contribution in [-0.2, 0) is 0 Å². The van der Waals surface area contributed by atoms with E-state index >= 15 is 0 Å². The van der Waals surface area contributed by atoms with E-state index in [-0.39, 0.29) is 17.7 Å². The fourth-order valence-corrected chi connectivity index (χ4v) is 2.83. The van der Waals surface area contributed by atoms with Gasteiger partial charge >= 0.3 is 0 Å². The molecule has 0 spiro atoms. The topological polar surface area (TPSA) is 69.9 Å². The Morgan fingerprint density at radius 3 is 2.46 bits per heavy atom. The molecule has 1 atom stereocenters. The molecule has 0 radical (unpaired) electrons. The van der Waals surface area contributed by atoms with E-state index in [1.165, 1.54) is 0 Å². The molecule has 3 aromatic rings. The molecule has 1 N–H and O–H groups in total. The van der Waals surface area contributed by atoms with Crippen LogP contribution in [0.2, 0.25) is 0 Å². The third-order valence-corrected chi connectivity index (χ3v) is 4.20. The van der Waals surface area contributed by atoms with Crippen LogP contribution in [0.3, 0.4) is 0 Å². The Bertz CT molecular complexity index is 931. The summed E-state index contributed by atoms with van der Waals surface area (Å²) in [6, 6.07) is 12.4. The Balaban J connectivity index is 1.86. The maximum absolute atomic E-state index is 12.6. The van der Waals surface area contributed by atoms with Crippen LogP contribution >= 0.6 is 0 Å². The van der Waals surface area contributed by atoms with Crippen molar-refractivity contribution in [2.24, 2.45) is 0 Å². The second kappa shape index (κ2) is 7.39. The Morgan fingerprint density at radius 2 is 1.77 bits per heavy atom. The van der Waals surface area contributed by atoms with Crippen LogP contribution in [0.4, 0.5) is 0 Å². The Morgan fingerprint density at radius 1 is 1.00 bits per heavy atom. The molecule has 26 heavy (non-hydrogen) atoms. The smallest absolute Gasteiger partial charge is 0.287 e. The molecule has 3 rings (SSSR count). The molecular weight excluding hydrogens is 334 g/mol. The SMILES string of the molecule is COc1ccc(OC)c(C(C)NC(=O)c2cc3cccc(OC)c3o2)c1. The molecule has 2 aromatic carbocycles. The van der Waals surface area contributed by atoms with Crippen LogP contribution in [0.15, 0.2) is 46.9 Å². The summed E-state index contributed by atoms with van der Waals surface area (Å²) >= 11 is 0. The summed E-state index contributed by atoms with van der Waals surface area (Å²) in [7, 11) is 4.75. The zero-order valence-corrected chi connectivity index (χ0v) is 15.2. The van der Waals surface area contributed by atoms with Gasteiger partial charge < -0.3 is 23.9 Å². The van der Waals surface area contributed by atoms with E-state index < -0.39 is 0 Å². The number of furan rings is 1. The Labute approximate surface area is 151 Å². The summed E-state index contributed by atoms with van der Waals surface area (Å²) in [5.41, 5.74) is 1.36. The molecule has 1 amide bonds. The van der Waals surface area contributed by atoms with Crippen LogP contribution in [0.1, 0.15) is 29.1 Å². The summed E-state index contributed by atoms with van der Waals surface area (Å²) < 4.78 is 21.6. The van der Waals surface area contributed by atoms with Gasteiger partial charge in [-0.25, -0.2) is 0 Å². The highest BCUT2D eigenvalue weighted by Crippen LogP contribution is 2.31. The first-order valence-electron chi connectivity index (χ1n) is 8.16. The number of amides is 1. The normalized spacial score (nSPS) is 11.8. The van der Waals surface area contributed by atoms with Crippen LogP contribution in [0, 0.1) is 0 Å². The van der Waals surface area contributed by atoms with Crippen molar-refractivity contribution in [1.82, 2.24) is 5.32 Å². The van der Waals surface area contributed by atoms with Crippen molar-refractivity contribution in [2.45, 2.75) is 13.0 Å². The average Bonchev–Trinajstić information content (AvgIpc) is 3.11. The predicted molar refractivity (Wildman–Crippen MR) is 98.2 cm³/mol. The lowest BCUT2D eigenvalue weighted by atomic mass is 10.1. The molecule has 6 nitrogen and oxygen atoms in total. The minimum atomic E-state index is -0.319. The summed E-state index contributed by atoms with van der Waals surface area (Å²) in [5.74, 6) is 1.85. The van der Waals surface area contributed by atoms with Crippen LogP contribution in [0.25, 0.3) is 11.0 Å². The van der Waals surface area contributed by atoms with E-state index in [4.69, 9.17) is 18.6 Å². The Hall–Kier alpha value is -3.15. The number of carbonyl (C=O) groups is 1. The van der Waals surface area contributed by atoms with Gasteiger partial charge in [0.1, 0.15) is 11.5 Å². The van der Waals surface area contributed by atoms with Crippen LogP contribution in [0.5, 0.6) is 17.2 Å². The largest absolute Gasteiger partial charge is 0.497 e. The van der Waals surface area contributed by atoms with E-state index in [2.05, 4.69) is 5.32 Å². The molecule has 0 fully saturated rings. The lowest BCUT2D eigenvalue weighted by Gasteiger charge is -2.17. The van der Waals surface area contributed by atoms with Crippen molar-refractivity contribution >= 4 is 16.9 Å². The van der Waals surface area contributed by atoms with Gasteiger partial charge in [0.15, 0.2) is 17.1 Å². The maximum atomic E-state index is 12.6. The molecule has 0 aliphatic rings. The zero-order chi connectivity index (χ0) is 18.7. The second-order valence-corrected chi connectivity index (χ2v) is 5.79. The van der Waals surface area contributed by atoms with E-state index in [1.807, 2.05) is 37.3 Å². The fourth-order valence-electron chi connectivity index (χ4n) is 2.83. The van der Waals surface area contributed by atoms with Crippen molar-refractivity contribution in [3.05, 3.63) is 53.8 Å². The molecule has 0 saturated carbocycles. The van der Waals surface area contributed by atoms with Gasteiger partial charge in [0, 0.05) is 10.9 Å². The molecule has 1 unspecified atom stereocenters. The summed E-state index contributed by atoms with van der Waals surface area (Å²) in [6.45, 7) is 1.87. The van der Waals surface area contributed by atoms with Crippen molar-refractivity contribution < 1.29 is 23.4 Å². The van der Waals surface area contributed by atoms with Crippen molar-refractivity contribution in [3.63, 3.8) is 0 Å². The summed E-state index contributed by atoms with van der Waals surface area (Å²) in [6.07, 6.45) is 0. The fraction of sp³-hybridized carbons (Fsp3) is 0.250. The highest BCUT2D eigenvalue weighted by atomic mass is 16.5. The van der Waals surface area contributed by atoms with Gasteiger partial charge in [0.25, 0.3) is 5.91 Å². The first kappa shape index (κ1) is 17.7. The lowest BCUT2D eigenvalue weighted by molar-refractivity contribution is 0.0913. The molecular formula is C20H21NO5. The van der Waals surface area contributed by atoms with Gasteiger partial charge in [-0.1, -0.05) is 12.1 Å². The molecule has 0 aliphatic heterocycles. The van der Waals surface area contributed by atoms with Gasteiger partial charge in [-0.2, -0.15) is 0 Å². The zero-order valence-electron chi connectivity index (χ0n) is 15.2. The number of rotatable bonds is 6. The number of benzene rings is 2. The third-order valence-electron chi connectivity index (χ3n) is 4.20. The van der Waals surface area contributed by atoms with Crippen molar-refractivity contribution in [3.8, 4) is 17.2 Å². The molecule has 1 aromatic heterocycles. The number of hydrogen-bond donors (Lipinski definition) is 1. The number of fused-ring (bicyclic) bond motifs is 1. The first-order valence-corrected chi connectivity index (χ1v) is 8.16. The molecule has 0 bridgehead atoms. The Kier molecular flexibility index (Phi) is 5.02.